The van der Waals surface area contributed by atoms with Gasteiger partial charge in [-0.25, -0.2) is 0 Å². The summed E-state index contributed by atoms with van der Waals surface area (Å²) in [5.74, 6) is 0.917. The molecular formula is C16H26N2S. The number of thiophene rings is 1. The summed E-state index contributed by atoms with van der Waals surface area (Å²) >= 11 is 1.89. The van der Waals surface area contributed by atoms with Crippen LogP contribution in [0.5, 0.6) is 0 Å². The second-order valence-electron chi connectivity index (χ2n) is 7.19. The topological polar surface area (TPSA) is 15.3 Å². The van der Waals surface area contributed by atoms with E-state index in [2.05, 4.69) is 48.5 Å². The predicted molar refractivity (Wildman–Crippen MR) is 82.9 cm³/mol. The molecule has 0 aromatic carbocycles. The normalized spacial score (nSPS) is 29.6. The number of nitrogens with zero attached hydrogens (tertiary/aromatic N) is 1. The highest BCUT2D eigenvalue weighted by Gasteiger charge is 2.44. The summed E-state index contributed by atoms with van der Waals surface area (Å²) in [7, 11) is 0. The van der Waals surface area contributed by atoms with Crippen LogP contribution in [0, 0.1) is 5.92 Å². The lowest BCUT2D eigenvalue weighted by molar-refractivity contribution is 0.109. The molecule has 1 aromatic heterocycles. The summed E-state index contributed by atoms with van der Waals surface area (Å²) in [6, 6.07) is 4.46. The molecule has 2 fully saturated rings. The van der Waals surface area contributed by atoms with E-state index in [1.807, 2.05) is 11.3 Å². The van der Waals surface area contributed by atoms with Gasteiger partial charge in [-0.3, -0.25) is 4.90 Å². The van der Waals surface area contributed by atoms with Crippen LogP contribution in [0.4, 0.5) is 0 Å². The van der Waals surface area contributed by atoms with Crippen molar-refractivity contribution in [3.8, 4) is 0 Å². The molecule has 1 atom stereocenters. The van der Waals surface area contributed by atoms with Gasteiger partial charge < -0.3 is 5.32 Å². The van der Waals surface area contributed by atoms with Gasteiger partial charge in [-0.15, -0.1) is 11.3 Å². The second-order valence-corrected chi connectivity index (χ2v) is 8.14. The van der Waals surface area contributed by atoms with Crippen LogP contribution in [-0.4, -0.2) is 36.6 Å². The van der Waals surface area contributed by atoms with Crippen molar-refractivity contribution in [3.05, 3.63) is 22.4 Å². The van der Waals surface area contributed by atoms with Crippen molar-refractivity contribution in [2.24, 2.45) is 5.92 Å². The van der Waals surface area contributed by atoms with Gasteiger partial charge >= 0.3 is 0 Å². The van der Waals surface area contributed by atoms with Gasteiger partial charge in [0, 0.05) is 42.0 Å². The van der Waals surface area contributed by atoms with Gasteiger partial charge in [-0.05, 0) is 37.1 Å². The van der Waals surface area contributed by atoms with E-state index in [4.69, 9.17) is 0 Å². The van der Waals surface area contributed by atoms with Crippen LogP contribution < -0.4 is 5.32 Å². The van der Waals surface area contributed by atoms with Crippen molar-refractivity contribution >= 4 is 11.3 Å². The minimum Gasteiger partial charge on any atom is -0.309 e. The molecule has 1 aliphatic carbocycles. The molecule has 1 N–H and O–H groups in total. The zero-order chi connectivity index (χ0) is 13.5. The Morgan fingerprint density at radius 1 is 1.47 bits per heavy atom. The van der Waals surface area contributed by atoms with E-state index >= 15 is 0 Å². The largest absolute Gasteiger partial charge is 0.309 e. The molecule has 106 valence electrons. The van der Waals surface area contributed by atoms with E-state index in [0.717, 1.165) is 12.5 Å². The van der Waals surface area contributed by atoms with Crippen LogP contribution in [0.3, 0.4) is 0 Å². The Hall–Kier alpha value is -0.380. The Kier molecular flexibility index (Phi) is 3.48. The predicted octanol–water partition coefficient (Wildman–Crippen LogP) is 3.10. The number of hydrogen-bond donors (Lipinski definition) is 1. The van der Waals surface area contributed by atoms with Gasteiger partial charge in [0.05, 0.1) is 0 Å². The molecule has 1 saturated heterocycles. The van der Waals surface area contributed by atoms with E-state index in [0.29, 0.717) is 5.54 Å². The van der Waals surface area contributed by atoms with Crippen LogP contribution in [0.1, 0.15) is 38.5 Å². The molecule has 0 radical (unpaired) electrons. The molecular weight excluding hydrogens is 252 g/mol. The minimum absolute atomic E-state index is 0.274. The van der Waals surface area contributed by atoms with E-state index in [-0.39, 0.29) is 5.41 Å². The molecule has 1 aromatic rings. The number of piperazine rings is 1. The van der Waals surface area contributed by atoms with Crippen molar-refractivity contribution in [1.82, 2.24) is 10.2 Å². The van der Waals surface area contributed by atoms with Crippen molar-refractivity contribution < 1.29 is 0 Å². The van der Waals surface area contributed by atoms with Crippen LogP contribution in [0.25, 0.3) is 0 Å². The van der Waals surface area contributed by atoms with Crippen molar-refractivity contribution in [2.45, 2.75) is 44.6 Å². The zero-order valence-electron chi connectivity index (χ0n) is 12.4. The number of hydrogen-bond acceptors (Lipinski definition) is 3. The lowest BCUT2D eigenvalue weighted by Crippen LogP contribution is -2.61. The molecule has 0 spiro atoms. The summed E-state index contributed by atoms with van der Waals surface area (Å²) in [5.41, 5.74) is 0.639. The molecule has 3 heteroatoms. The molecule has 2 aliphatic rings. The maximum Gasteiger partial charge on any atom is 0.0309 e. The molecule has 19 heavy (non-hydrogen) atoms. The maximum atomic E-state index is 3.77. The Morgan fingerprint density at radius 3 is 2.89 bits per heavy atom. The lowest BCUT2D eigenvalue weighted by atomic mass is 9.88. The third-order valence-corrected chi connectivity index (χ3v) is 6.03. The summed E-state index contributed by atoms with van der Waals surface area (Å²) in [6.07, 6.45) is 2.84. The first-order chi connectivity index (χ1) is 9.00. The summed E-state index contributed by atoms with van der Waals surface area (Å²) < 4.78 is 0. The van der Waals surface area contributed by atoms with Crippen LogP contribution in [-0.2, 0) is 5.41 Å². The first kappa shape index (κ1) is 13.6. The molecule has 0 bridgehead atoms. The highest BCUT2D eigenvalue weighted by atomic mass is 32.1. The molecule has 1 saturated carbocycles. The van der Waals surface area contributed by atoms with E-state index < -0.39 is 0 Å². The third kappa shape index (κ3) is 2.88. The van der Waals surface area contributed by atoms with Crippen molar-refractivity contribution in [2.75, 3.05) is 26.2 Å². The first-order valence-corrected chi connectivity index (χ1v) is 8.39. The molecule has 3 rings (SSSR count). The maximum absolute atomic E-state index is 3.77. The number of nitrogens with one attached hydrogen (secondary N) is 1. The standard InChI is InChI=1S/C16H26N2S/c1-15(2,14-5-4-10-19-14)11-18-9-8-17-16(3,12-18)13-6-7-13/h4-5,10,13,17H,6-9,11-12H2,1-3H3. The van der Waals surface area contributed by atoms with Gasteiger partial charge in [0.15, 0.2) is 0 Å². The highest BCUT2D eigenvalue weighted by Crippen LogP contribution is 2.41. The van der Waals surface area contributed by atoms with Gasteiger partial charge in [0.25, 0.3) is 0 Å². The lowest BCUT2D eigenvalue weighted by Gasteiger charge is -2.44. The fourth-order valence-corrected chi connectivity index (χ4v) is 4.37. The Bertz CT molecular complexity index is 422. The van der Waals surface area contributed by atoms with Crippen molar-refractivity contribution in [3.63, 3.8) is 0 Å². The summed E-state index contributed by atoms with van der Waals surface area (Å²) in [4.78, 5) is 4.19. The van der Waals surface area contributed by atoms with E-state index in [1.54, 1.807) is 0 Å². The van der Waals surface area contributed by atoms with Gasteiger partial charge in [0.1, 0.15) is 0 Å². The molecule has 0 amide bonds. The number of rotatable bonds is 4. The fourth-order valence-electron chi connectivity index (χ4n) is 3.53. The average Bonchev–Trinajstić information content (AvgIpc) is 3.05. The Morgan fingerprint density at radius 2 is 2.26 bits per heavy atom. The smallest absolute Gasteiger partial charge is 0.0309 e. The fraction of sp³-hybridized carbons (Fsp3) is 0.750. The van der Waals surface area contributed by atoms with Gasteiger partial charge in [-0.1, -0.05) is 19.9 Å². The van der Waals surface area contributed by atoms with Gasteiger partial charge in [0.2, 0.25) is 0 Å². The SMILES string of the molecule is CC(C)(CN1CCNC(C)(C2CC2)C1)c1cccs1. The minimum atomic E-state index is 0.274. The zero-order valence-corrected chi connectivity index (χ0v) is 13.2. The van der Waals surface area contributed by atoms with Crippen LogP contribution in [0.15, 0.2) is 17.5 Å². The molecule has 2 heterocycles. The van der Waals surface area contributed by atoms with Crippen LogP contribution >= 0.6 is 11.3 Å². The third-order valence-electron chi connectivity index (χ3n) is 4.79. The highest BCUT2D eigenvalue weighted by molar-refractivity contribution is 7.10. The van der Waals surface area contributed by atoms with Gasteiger partial charge in [-0.2, -0.15) is 0 Å². The molecule has 1 aliphatic heterocycles. The Balaban J connectivity index is 1.66. The van der Waals surface area contributed by atoms with E-state index in [9.17, 15) is 0 Å². The Labute approximate surface area is 121 Å². The quantitative estimate of drug-likeness (QED) is 0.910. The molecule has 2 nitrogen and oxygen atoms in total. The van der Waals surface area contributed by atoms with Crippen molar-refractivity contribution in [1.29, 1.82) is 0 Å². The molecule has 1 unspecified atom stereocenters. The van der Waals surface area contributed by atoms with Crippen LogP contribution in [0.2, 0.25) is 0 Å². The second kappa shape index (κ2) is 4.87. The average molecular weight is 278 g/mol. The summed E-state index contributed by atoms with van der Waals surface area (Å²) in [6.45, 7) is 11.9. The van der Waals surface area contributed by atoms with E-state index in [1.165, 1.54) is 37.4 Å². The summed E-state index contributed by atoms with van der Waals surface area (Å²) in [5, 5.41) is 5.97. The monoisotopic (exact) mass is 278 g/mol. The first-order valence-electron chi connectivity index (χ1n) is 7.51.